The van der Waals surface area contributed by atoms with Gasteiger partial charge in [-0.1, -0.05) is 12.1 Å². The number of hydrogen-bond acceptors (Lipinski definition) is 8. The lowest BCUT2D eigenvalue weighted by molar-refractivity contribution is -0.122. The standard InChI is InChI=1S/C31H28BrN3O8/c1-5-42-25-15-19(14-23(32)27(25)43-16-26(36)33-24-8-6-7-17(2)18(24)3)13-22-28(37)34-31(40)35(29(22)38)21-11-9-20(10-12-21)30(39)41-4/h6-15H,5,16H2,1-4H3,(H,33,36)(H,34,37,40)/b22-13-. The van der Waals surface area contributed by atoms with Crippen LogP contribution in [0.15, 0.2) is 64.6 Å². The summed E-state index contributed by atoms with van der Waals surface area (Å²) >= 11 is 3.43. The van der Waals surface area contributed by atoms with Gasteiger partial charge in [-0.05, 0) is 102 Å². The van der Waals surface area contributed by atoms with Crippen molar-refractivity contribution in [3.8, 4) is 11.5 Å². The fourth-order valence-corrected chi connectivity index (χ4v) is 4.78. The number of nitrogens with zero attached hydrogens (tertiary/aromatic N) is 1. The topological polar surface area (TPSA) is 140 Å². The molecule has 1 aliphatic rings. The van der Waals surface area contributed by atoms with Crippen LogP contribution in [-0.4, -0.2) is 50.0 Å². The van der Waals surface area contributed by atoms with Crippen LogP contribution in [0, 0.1) is 13.8 Å². The number of carbonyl (C=O) groups excluding carboxylic acids is 5. The summed E-state index contributed by atoms with van der Waals surface area (Å²) in [7, 11) is 1.23. The Morgan fingerprint density at radius 3 is 2.42 bits per heavy atom. The SMILES string of the molecule is CCOc1cc(/C=C2/C(=O)NC(=O)N(c3ccc(C(=O)OC)cc3)C2=O)cc(Br)c1OCC(=O)Nc1cccc(C)c1C. The predicted molar refractivity (Wildman–Crippen MR) is 162 cm³/mol. The van der Waals surface area contributed by atoms with Crippen molar-refractivity contribution in [3.05, 3.63) is 86.9 Å². The van der Waals surface area contributed by atoms with Crippen molar-refractivity contribution < 1.29 is 38.2 Å². The third kappa shape index (κ3) is 6.92. The van der Waals surface area contributed by atoms with Crippen LogP contribution in [0.5, 0.6) is 11.5 Å². The molecule has 0 saturated carbocycles. The first kappa shape index (κ1) is 31.0. The fraction of sp³-hybridized carbons (Fsp3) is 0.194. The lowest BCUT2D eigenvalue weighted by atomic mass is 10.1. The molecule has 1 saturated heterocycles. The average molecular weight is 650 g/mol. The van der Waals surface area contributed by atoms with E-state index in [9.17, 15) is 24.0 Å². The summed E-state index contributed by atoms with van der Waals surface area (Å²) < 4.78 is 16.6. The molecule has 0 unspecified atom stereocenters. The van der Waals surface area contributed by atoms with Crippen LogP contribution in [0.3, 0.4) is 0 Å². The molecule has 3 aromatic carbocycles. The number of ether oxygens (including phenoxy) is 3. The number of amides is 5. The third-order valence-electron chi connectivity index (χ3n) is 6.52. The molecule has 222 valence electrons. The average Bonchev–Trinajstić information content (AvgIpc) is 2.97. The number of methoxy groups -OCH3 is 1. The summed E-state index contributed by atoms with van der Waals surface area (Å²) in [5.74, 6) is -2.18. The van der Waals surface area contributed by atoms with Crippen LogP contribution in [0.25, 0.3) is 6.08 Å². The highest BCUT2D eigenvalue weighted by atomic mass is 79.9. The van der Waals surface area contributed by atoms with Crippen molar-refractivity contribution >= 4 is 63.1 Å². The molecule has 4 rings (SSSR count). The van der Waals surface area contributed by atoms with Gasteiger partial charge in [0.25, 0.3) is 17.7 Å². The Kier molecular flexibility index (Phi) is 9.61. The molecule has 11 nitrogen and oxygen atoms in total. The number of benzene rings is 3. The number of rotatable bonds is 9. The largest absolute Gasteiger partial charge is 0.490 e. The van der Waals surface area contributed by atoms with Crippen molar-refractivity contribution in [1.29, 1.82) is 0 Å². The van der Waals surface area contributed by atoms with Crippen LogP contribution in [-0.2, 0) is 19.1 Å². The maximum absolute atomic E-state index is 13.3. The molecule has 1 fully saturated rings. The number of hydrogen-bond donors (Lipinski definition) is 2. The van der Waals surface area contributed by atoms with Crippen LogP contribution in [0.1, 0.15) is 34.0 Å². The van der Waals surface area contributed by atoms with Crippen LogP contribution in [0.2, 0.25) is 0 Å². The Morgan fingerprint density at radius 1 is 1.02 bits per heavy atom. The zero-order valence-corrected chi connectivity index (χ0v) is 25.4. The van der Waals surface area contributed by atoms with Gasteiger partial charge in [-0.25, -0.2) is 14.5 Å². The van der Waals surface area contributed by atoms with Crippen molar-refractivity contribution in [3.63, 3.8) is 0 Å². The van der Waals surface area contributed by atoms with Crippen molar-refractivity contribution in [1.82, 2.24) is 5.32 Å². The van der Waals surface area contributed by atoms with E-state index in [4.69, 9.17) is 9.47 Å². The highest BCUT2D eigenvalue weighted by Crippen LogP contribution is 2.38. The number of nitrogens with one attached hydrogen (secondary N) is 2. The van der Waals surface area contributed by atoms with E-state index in [2.05, 4.69) is 31.3 Å². The Labute approximate surface area is 255 Å². The van der Waals surface area contributed by atoms with Gasteiger partial charge in [0.2, 0.25) is 0 Å². The summed E-state index contributed by atoms with van der Waals surface area (Å²) in [6, 6.07) is 13.4. The molecule has 1 heterocycles. The Bertz CT molecular complexity index is 1650. The normalized spacial score (nSPS) is 13.9. The first-order chi connectivity index (χ1) is 20.5. The monoisotopic (exact) mass is 649 g/mol. The number of imide groups is 2. The van der Waals surface area contributed by atoms with Gasteiger partial charge in [-0.2, -0.15) is 0 Å². The smallest absolute Gasteiger partial charge is 0.337 e. The number of urea groups is 1. The lowest BCUT2D eigenvalue weighted by Crippen LogP contribution is -2.54. The quantitative estimate of drug-likeness (QED) is 0.189. The summed E-state index contributed by atoms with van der Waals surface area (Å²) in [4.78, 5) is 63.8. The molecule has 0 spiro atoms. The van der Waals surface area contributed by atoms with Crippen LogP contribution in [0.4, 0.5) is 16.2 Å². The molecule has 1 aliphatic heterocycles. The second-order valence-electron chi connectivity index (χ2n) is 9.34. The number of anilines is 2. The highest BCUT2D eigenvalue weighted by molar-refractivity contribution is 9.10. The van der Waals surface area contributed by atoms with Gasteiger partial charge >= 0.3 is 12.0 Å². The molecule has 43 heavy (non-hydrogen) atoms. The molecule has 0 aliphatic carbocycles. The van der Waals surface area contributed by atoms with E-state index in [0.29, 0.717) is 15.7 Å². The van der Waals surface area contributed by atoms with Crippen molar-refractivity contribution in [2.75, 3.05) is 30.5 Å². The zero-order chi connectivity index (χ0) is 31.3. The summed E-state index contributed by atoms with van der Waals surface area (Å²) in [6.45, 7) is 5.59. The molecule has 0 aromatic heterocycles. The fourth-order valence-electron chi connectivity index (χ4n) is 4.21. The highest BCUT2D eigenvalue weighted by Gasteiger charge is 2.37. The molecule has 0 bridgehead atoms. The van der Waals surface area contributed by atoms with Gasteiger partial charge in [0, 0.05) is 5.69 Å². The van der Waals surface area contributed by atoms with Gasteiger partial charge in [-0.15, -0.1) is 0 Å². The summed E-state index contributed by atoms with van der Waals surface area (Å²) in [5, 5.41) is 4.99. The molecule has 3 aromatic rings. The second kappa shape index (κ2) is 13.3. The summed E-state index contributed by atoms with van der Waals surface area (Å²) in [6.07, 6.45) is 1.31. The molecule has 5 amide bonds. The van der Waals surface area contributed by atoms with Crippen LogP contribution < -0.4 is 25.0 Å². The third-order valence-corrected chi connectivity index (χ3v) is 7.11. The number of barbiturate groups is 1. The van der Waals surface area contributed by atoms with Gasteiger partial charge in [-0.3, -0.25) is 19.7 Å². The molecule has 0 atom stereocenters. The van der Waals surface area contributed by atoms with Crippen LogP contribution >= 0.6 is 15.9 Å². The van der Waals surface area contributed by atoms with E-state index in [0.717, 1.165) is 16.0 Å². The molecular formula is C31H28BrN3O8. The minimum absolute atomic E-state index is 0.146. The van der Waals surface area contributed by atoms with E-state index in [-0.39, 0.29) is 47.4 Å². The Morgan fingerprint density at radius 2 is 1.74 bits per heavy atom. The Balaban J connectivity index is 1.58. The lowest BCUT2D eigenvalue weighted by Gasteiger charge is -2.26. The number of esters is 1. The van der Waals surface area contributed by atoms with E-state index in [1.807, 2.05) is 26.0 Å². The minimum Gasteiger partial charge on any atom is -0.490 e. The first-order valence-electron chi connectivity index (χ1n) is 13.1. The second-order valence-corrected chi connectivity index (χ2v) is 10.2. The van der Waals surface area contributed by atoms with E-state index in [1.165, 1.54) is 37.5 Å². The van der Waals surface area contributed by atoms with E-state index in [1.54, 1.807) is 25.1 Å². The summed E-state index contributed by atoms with van der Waals surface area (Å²) in [5.41, 5.74) is 3.11. The minimum atomic E-state index is -0.933. The maximum Gasteiger partial charge on any atom is 0.337 e. The maximum atomic E-state index is 13.3. The number of carbonyl (C=O) groups is 5. The zero-order valence-electron chi connectivity index (χ0n) is 23.8. The number of aryl methyl sites for hydroxylation is 1. The van der Waals surface area contributed by atoms with Gasteiger partial charge < -0.3 is 19.5 Å². The van der Waals surface area contributed by atoms with Gasteiger partial charge in [0.05, 0.1) is 29.4 Å². The Hall–Kier alpha value is -4.97. The molecule has 2 N–H and O–H groups in total. The van der Waals surface area contributed by atoms with Crippen molar-refractivity contribution in [2.45, 2.75) is 20.8 Å². The van der Waals surface area contributed by atoms with Crippen molar-refractivity contribution in [2.24, 2.45) is 0 Å². The van der Waals surface area contributed by atoms with E-state index < -0.39 is 23.8 Å². The predicted octanol–water partition coefficient (Wildman–Crippen LogP) is 4.94. The van der Waals surface area contributed by atoms with Gasteiger partial charge in [0.1, 0.15) is 5.57 Å². The van der Waals surface area contributed by atoms with Gasteiger partial charge in [0.15, 0.2) is 18.1 Å². The molecular weight excluding hydrogens is 622 g/mol. The molecule has 0 radical (unpaired) electrons. The number of halogens is 1. The molecule has 12 heteroatoms. The van der Waals surface area contributed by atoms with E-state index >= 15 is 0 Å². The first-order valence-corrected chi connectivity index (χ1v) is 13.9.